The summed E-state index contributed by atoms with van der Waals surface area (Å²) in [6, 6.07) is 6.32. The Bertz CT molecular complexity index is 5890. The van der Waals surface area contributed by atoms with Crippen LogP contribution in [0.15, 0.2) is 80.8 Å². The fourth-order valence-electron chi connectivity index (χ4n) is 16.5. The molecule has 0 saturated heterocycles. The Labute approximate surface area is 725 Å². The molecule has 4 aromatic carbocycles. The number of hydrogen-bond acceptors (Lipinski definition) is 23. The number of halogens is 5. The average molecular weight is 1840 g/mol. The number of nitrogens with one attached hydrogen (secondary N) is 10. The number of nitrogens with zero attached hydrogens (tertiary/aromatic N) is 8. The lowest BCUT2D eigenvalue weighted by Crippen LogP contribution is -2.42. The van der Waals surface area contributed by atoms with Gasteiger partial charge in [0.25, 0.3) is 40.1 Å². The van der Waals surface area contributed by atoms with Crippen molar-refractivity contribution in [1.29, 1.82) is 0 Å². The van der Waals surface area contributed by atoms with Gasteiger partial charge in [-0.05, 0) is 199 Å². The van der Waals surface area contributed by atoms with Gasteiger partial charge in [-0.15, -0.1) is 0 Å². The van der Waals surface area contributed by atoms with E-state index in [1.54, 1.807) is 12.4 Å². The highest BCUT2D eigenvalue weighted by Crippen LogP contribution is 2.43. The molecule has 16 rings (SSSR count). The van der Waals surface area contributed by atoms with E-state index in [2.05, 4.69) is 63.8 Å². The van der Waals surface area contributed by atoms with E-state index >= 15 is 0 Å². The van der Waals surface area contributed by atoms with Gasteiger partial charge in [0.05, 0.1) is 70.3 Å². The van der Waals surface area contributed by atoms with Gasteiger partial charge < -0.3 is 56.6 Å². The lowest BCUT2D eigenvalue weighted by atomic mass is 9.92. The van der Waals surface area contributed by atoms with Gasteiger partial charge in [-0.3, -0.25) is 4.79 Å². The zero-order chi connectivity index (χ0) is 90.8. The van der Waals surface area contributed by atoms with E-state index in [9.17, 15) is 79.6 Å². The van der Waals surface area contributed by atoms with Crippen molar-refractivity contribution in [3.05, 3.63) is 140 Å². The smallest absolute Gasteiger partial charge is 0.471 e. The number of anilines is 4. The Balaban J connectivity index is 0.000000144. The number of nitrogens with two attached hydrogens (primary N) is 1. The van der Waals surface area contributed by atoms with E-state index in [4.69, 9.17) is 24.7 Å². The largest absolute Gasteiger partial charge is 0.477 e. The molecule has 4 aliphatic carbocycles. The molecule has 9 amide bonds. The van der Waals surface area contributed by atoms with E-state index in [0.717, 1.165) is 130 Å². The molecule has 0 fully saturated rings. The van der Waals surface area contributed by atoms with E-state index < -0.39 is 93.9 Å². The number of benzene rings is 4. The van der Waals surface area contributed by atoms with Gasteiger partial charge in [-0.25, -0.2) is 99.2 Å². The summed E-state index contributed by atoms with van der Waals surface area (Å²) in [7, 11) is -15.2. The number of aromatic nitrogens is 8. The average Bonchev–Trinajstić information content (AvgIpc) is 1.60. The second-order valence-electron chi connectivity index (χ2n) is 33.1. The number of ether oxygens (including phenoxy) is 4. The molecule has 8 heterocycles. The van der Waals surface area contributed by atoms with Crippen LogP contribution in [-0.4, -0.2) is 162 Å². The Hall–Kier alpha value is -11.2. The summed E-state index contributed by atoms with van der Waals surface area (Å²) in [6.07, 6.45) is 11.6. The van der Waals surface area contributed by atoms with Crippen LogP contribution in [0.5, 0.6) is 23.5 Å². The Kier molecular flexibility index (Phi) is 27.7. The second-order valence-corrected chi connectivity index (χ2v) is 39.7. The number of rotatable bonds is 20. The Morgan fingerprint density at radius 1 is 0.437 bits per heavy atom. The van der Waals surface area contributed by atoms with Crippen LogP contribution >= 0.6 is 0 Å². The third kappa shape index (κ3) is 20.6. The number of aryl methyl sites for hydroxylation is 5. The summed E-state index contributed by atoms with van der Waals surface area (Å²) < 4.78 is 204. The molecule has 0 bridgehead atoms. The van der Waals surface area contributed by atoms with Crippen molar-refractivity contribution in [2.24, 2.45) is 17.6 Å². The van der Waals surface area contributed by atoms with Gasteiger partial charge in [0, 0.05) is 60.6 Å². The van der Waals surface area contributed by atoms with E-state index in [1.165, 1.54) is 71.4 Å². The summed E-state index contributed by atoms with van der Waals surface area (Å²) >= 11 is 0. The first-order valence-corrected chi connectivity index (χ1v) is 47.4. The first kappa shape index (κ1) is 92.5. The topological polar surface area (TPSA) is 476 Å². The summed E-state index contributed by atoms with van der Waals surface area (Å²) in [4.78, 5) is 60.8. The second kappa shape index (κ2) is 37.8. The Morgan fingerprint density at radius 3 is 1.10 bits per heavy atom. The number of sulfonamides is 4. The number of fused-ring (bicyclic) bond motifs is 8. The number of likely N-dealkylation sites (N-methyl/N-ethyl adjacent to an activating group) is 1. The fourth-order valence-corrected chi connectivity index (χ4v) is 20.4. The van der Waals surface area contributed by atoms with Crippen molar-refractivity contribution in [3.63, 3.8) is 0 Å². The predicted molar refractivity (Wildman–Crippen MR) is 451 cm³/mol. The monoisotopic (exact) mass is 1840 g/mol. The summed E-state index contributed by atoms with van der Waals surface area (Å²) in [5, 5.41) is 31.7. The number of carbonyl (C=O) groups is 5. The van der Waals surface area contributed by atoms with Crippen LogP contribution in [0, 0.1) is 23.5 Å². The van der Waals surface area contributed by atoms with Crippen molar-refractivity contribution in [1.82, 2.24) is 68.6 Å². The van der Waals surface area contributed by atoms with Crippen LogP contribution in [0.1, 0.15) is 178 Å². The zero-order valence-electron chi connectivity index (χ0n) is 70.7. The molecule has 3 atom stereocenters. The SMILES string of the molecule is CC(C)c1cc(F)cc(C(C)C)c1NC(=O)NS(=O)(=O)c1cnn2c1OCCC2.CN[C@H]1COc2c(S(=O)(=O)NC(=O)Nc3c(C(C)C)cc(F)cc3C(C)C)cnn2C1.NCC1COc2c(S(=O)(=O)NC(=O)Nc3c4c(cc5c3CCC5)CCC4)cnn2C1.O=C(Nc1c2c(cc3c1CCC3)CCC2)NS(=O)(=O)c1cnn2c1OCC(CNC(=O)C(F)(F)F)C2. The molecule has 0 saturated carbocycles. The minimum absolute atomic E-state index is 0.00148. The first-order chi connectivity index (χ1) is 59.6. The van der Waals surface area contributed by atoms with Crippen molar-refractivity contribution >= 4 is 92.9 Å². The third-order valence-corrected chi connectivity index (χ3v) is 28.0. The Morgan fingerprint density at radius 2 is 0.754 bits per heavy atom. The van der Waals surface area contributed by atoms with Gasteiger partial charge in [-0.1, -0.05) is 67.5 Å². The highest BCUT2D eigenvalue weighted by Gasteiger charge is 2.41. The third-order valence-electron chi connectivity index (χ3n) is 22.7. The van der Waals surface area contributed by atoms with E-state index in [1.807, 2.05) is 69.6 Å². The summed E-state index contributed by atoms with van der Waals surface area (Å²) in [5.41, 5.74) is 19.6. The van der Waals surface area contributed by atoms with Crippen molar-refractivity contribution in [2.45, 2.75) is 221 Å². The number of amides is 9. The predicted octanol–water partition coefficient (Wildman–Crippen LogP) is 9.72. The highest BCUT2D eigenvalue weighted by molar-refractivity contribution is 7.91. The normalized spacial score (nSPS) is 17.2. The lowest BCUT2D eigenvalue weighted by Gasteiger charge is -2.25. The minimum Gasteiger partial charge on any atom is -0.477 e. The summed E-state index contributed by atoms with van der Waals surface area (Å²) in [6.45, 7) is 17.4. The maximum atomic E-state index is 14.1. The van der Waals surface area contributed by atoms with Crippen molar-refractivity contribution in [3.8, 4) is 23.5 Å². The standard InChI is InChI=1S/C22H24F3N5O5S.C20H28FN5O4S.C20H25N5O4S.C19H25FN4O4S/c23-22(24,25)20(31)26-8-12-10-30-19(35-11-12)17(9-27-30)36(33,34)29-21(32)28-18-15-5-1-3-13(15)7-14-4-2-6-16(14)18;1-11(2)15-6-13(21)7-16(12(3)4)18(15)24-20(27)25-31(28,29)17-8-23-26-9-14(22-5)10-30-19(17)26;21-8-12-10-25-19(29-11-12)17(9-22-25)30(27,28)24-20(26)23-18-15-5-1-3-13(15)7-14-4-2-6-16(14)18;1-11(2)14-8-13(20)9-15(12(3)4)17(14)22-19(25)23-29(26,27)16-10-21-24-6-5-7-28-18(16)24/h7,9,12H,1-6,8,10-11H2,(H,26,31)(H2,28,29,32);6-8,11-12,14,22H,9-10H2,1-5H3,(H2,24,25,27);7,9,12H,1-6,8,10-11,21H2,(H2,23,24,26);8-12H,5-7H2,1-4H3,(H2,22,23,25)/t;14-;;/m.1../s1. The van der Waals surface area contributed by atoms with Gasteiger partial charge in [0.1, 0.15) is 18.2 Å². The number of urea groups is 4. The molecule has 4 aromatic heterocycles. The van der Waals surface area contributed by atoms with Crippen LogP contribution < -0.4 is 75.5 Å². The van der Waals surface area contributed by atoms with Crippen molar-refractivity contribution in [2.75, 3.05) is 67.8 Å². The van der Waals surface area contributed by atoms with Crippen LogP contribution in [-0.2, 0) is 122 Å². The lowest BCUT2D eigenvalue weighted by molar-refractivity contribution is -0.173. The molecule has 36 nitrogen and oxygen atoms in total. The van der Waals surface area contributed by atoms with E-state index in [0.29, 0.717) is 78.7 Å². The molecular formula is C81H102F5N19O17S4. The fraction of sp³-hybridized carbons (Fsp3) is 0.494. The van der Waals surface area contributed by atoms with Crippen LogP contribution in [0.25, 0.3) is 0 Å². The molecule has 12 N–H and O–H groups in total. The minimum atomic E-state index is -5.00. The molecule has 4 aliphatic heterocycles. The van der Waals surface area contributed by atoms with Crippen LogP contribution in [0.2, 0.25) is 0 Å². The zero-order valence-corrected chi connectivity index (χ0v) is 74.0. The van der Waals surface area contributed by atoms with Crippen LogP contribution in [0.4, 0.5) is 63.9 Å². The molecule has 682 valence electrons. The number of hydrogen-bond donors (Lipinski definition) is 11. The van der Waals surface area contributed by atoms with Gasteiger partial charge in [-0.2, -0.15) is 33.6 Å². The quantitative estimate of drug-likeness (QED) is 0.0316. The number of carbonyl (C=O) groups excluding carboxylic acids is 5. The molecule has 45 heteroatoms. The number of alkyl halides is 3. The van der Waals surface area contributed by atoms with E-state index in [-0.39, 0.29) is 105 Å². The molecule has 126 heavy (non-hydrogen) atoms. The van der Waals surface area contributed by atoms with Gasteiger partial charge in [0.2, 0.25) is 23.5 Å². The molecule has 2 unspecified atom stereocenters. The molecule has 8 aliphatic rings. The molecule has 0 spiro atoms. The van der Waals surface area contributed by atoms with Crippen molar-refractivity contribution < 1.29 is 98.5 Å². The molecular weight excluding hydrogens is 1730 g/mol. The maximum absolute atomic E-state index is 14.1. The first-order valence-electron chi connectivity index (χ1n) is 41.4. The maximum Gasteiger partial charge on any atom is 0.471 e. The summed E-state index contributed by atoms with van der Waals surface area (Å²) in [5.74, 6) is -3.48. The molecule has 8 aromatic rings. The van der Waals surface area contributed by atoms with Gasteiger partial charge in [0.15, 0.2) is 19.6 Å². The van der Waals surface area contributed by atoms with Gasteiger partial charge >= 0.3 is 36.2 Å². The highest BCUT2D eigenvalue weighted by atomic mass is 32.2. The molecule has 0 radical (unpaired) electrons. The van der Waals surface area contributed by atoms with Crippen LogP contribution in [0.3, 0.4) is 0 Å².